The van der Waals surface area contributed by atoms with Crippen LogP contribution < -0.4 is 15.6 Å². The van der Waals surface area contributed by atoms with Crippen LogP contribution in [0.2, 0.25) is 0 Å². The Kier molecular flexibility index (Phi) is 5.43. The Morgan fingerprint density at radius 3 is 2.65 bits per heavy atom. The molecular weight excluding hydrogens is 324 g/mol. The number of imidazole rings is 1. The van der Waals surface area contributed by atoms with Crippen LogP contribution in [-0.4, -0.2) is 23.3 Å². The third-order valence-corrected chi connectivity index (χ3v) is 3.97. The van der Waals surface area contributed by atoms with Gasteiger partial charge in [0.1, 0.15) is 6.20 Å². The van der Waals surface area contributed by atoms with Gasteiger partial charge in [-0.3, -0.25) is 4.99 Å². The summed E-state index contributed by atoms with van der Waals surface area (Å²) in [7, 11) is 2.06. The van der Waals surface area contributed by atoms with E-state index in [-0.39, 0.29) is 0 Å². The fourth-order valence-electron chi connectivity index (χ4n) is 2.61. The Balaban J connectivity index is 1.68. The van der Waals surface area contributed by atoms with Gasteiger partial charge in [-0.1, -0.05) is 36.4 Å². The van der Waals surface area contributed by atoms with Crippen LogP contribution in [0.5, 0.6) is 0 Å². The third kappa shape index (κ3) is 4.16. The second-order valence-electron chi connectivity index (χ2n) is 5.81. The van der Waals surface area contributed by atoms with Crippen molar-refractivity contribution >= 4 is 30.0 Å². The molecule has 0 aliphatic carbocycles. The van der Waals surface area contributed by atoms with E-state index >= 15 is 0 Å². The molecule has 3 N–H and O–H groups in total. The summed E-state index contributed by atoms with van der Waals surface area (Å²) in [5, 5.41) is 4.06. The molecule has 0 spiro atoms. The number of rotatable bonds is 5. The minimum Gasteiger partial charge on any atom is -0.369 e. The molecule has 0 fully saturated rings. The zero-order valence-corrected chi connectivity index (χ0v) is 15.0. The van der Waals surface area contributed by atoms with Crippen molar-refractivity contribution in [2.45, 2.75) is 6.92 Å². The average molecular weight is 347 g/mol. The van der Waals surface area contributed by atoms with Crippen molar-refractivity contribution in [1.29, 1.82) is 0 Å². The number of fused-ring (bicyclic) bond motifs is 1. The maximum atomic E-state index is 5.62. The maximum Gasteiger partial charge on any atom is 0.286 e. The number of pyridine rings is 1. The smallest absolute Gasteiger partial charge is 0.286 e. The van der Waals surface area contributed by atoms with Crippen LogP contribution >= 0.6 is 0 Å². The molecule has 3 aromatic rings. The minimum atomic E-state index is 0.316. The lowest BCUT2D eigenvalue weighted by molar-refractivity contribution is -0.510. The summed E-state index contributed by atoms with van der Waals surface area (Å²) in [5.74, 6) is 0.316. The second-order valence-corrected chi connectivity index (χ2v) is 5.81. The largest absolute Gasteiger partial charge is 0.369 e. The number of nitrogens with one attached hydrogen (secondary N) is 1. The number of nitrogens with zero attached hydrogens (tertiary/aromatic N) is 4. The lowest BCUT2D eigenvalue weighted by atomic mass is 10.1. The Hall–Kier alpha value is -3.41. The number of hydrazone groups is 1. The summed E-state index contributed by atoms with van der Waals surface area (Å²) in [6.45, 7) is 2.55. The second kappa shape index (κ2) is 8.11. The predicted molar refractivity (Wildman–Crippen MR) is 107 cm³/mol. The van der Waals surface area contributed by atoms with Gasteiger partial charge in [-0.05, 0) is 30.2 Å². The first kappa shape index (κ1) is 17.4. The molecule has 0 atom stereocenters. The highest BCUT2D eigenvalue weighted by atomic mass is 15.3. The molecule has 6 nitrogen and oxygen atoms in total. The van der Waals surface area contributed by atoms with E-state index in [0.717, 1.165) is 22.5 Å². The fraction of sp³-hybridized carbons (Fsp3) is 0.150. The lowest BCUT2D eigenvalue weighted by Gasteiger charge is -1.98. The van der Waals surface area contributed by atoms with Gasteiger partial charge in [0.15, 0.2) is 5.69 Å². The third-order valence-electron chi connectivity index (χ3n) is 3.97. The first-order valence-corrected chi connectivity index (χ1v) is 8.50. The lowest BCUT2D eigenvalue weighted by Crippen LogP contribution is -2.27. The average Bonchev–Trinajstić information content (AvgIpc) is 2.97. The summed E-state index contributed by atoms with van der Waals surface area (Å²) in [6.07, 6.45) is 10.1. The van der Waals surface area contributed by atoms with Gasteiger partial charge in [0.25, 0.3) is 5.65 Å². The molecule has 0 saturated heterocycles. The van der Waals surface area contributed by atoms with Gasteiger partial charge in [0.05, 0.1) is 19.5 Å². The highest BCUT2D eigenvalue weighted by molar-refractivity contribution is 5.83. The van der Waals surface area contributed by atoms with Gasteiger partial charge in [-0.2, -0.15) is 5.10 Å². The molecule has 26 heavy (non-hydrogen) atoms. The van der Waals surface area contributed by atoms with Crippen molar-refractivity contribution in [3.05, 3.63) is 71.7 Å². The van der Waals surface area contributed by atoms with Gasteiger partial charge in [0.2, 0.25) is 5.96 Å². The molecule has 6 heteroatoms. The number of guanidine groups is 1. The molecule has 1 aromatic carbocycles. The van der Waals surface area contributed by atoms with Gasteiger partial charge >= 0.3 is 0 Å². The summed E-state index contributed by atoms with van der Waals surface area (Å²) in [5.41, 5.74) is 12.7. The van der Waals surface area contributed by atoms with Crippen LogP contribution in [0, 0.1) is 0 Å². The topological polar surface area (TPSA) is 71.8 Å². The van der Waals surface area contributed by atoms with E-state index in [9.17, 15) is 0 Å². The zero-order chi connectivity index (χ0) is 18.4. The SMILES string of the molecule is CCN=C(N)N/N=C/c1ccc(/C=C/c2c[n+]3ccccc3n2C)cc1. The van der Waals surface area contributed by atoms with Crippen LogP contribution in [-0.2, 0) is 7.05 Å². The molecule has 0 bridgehead atoms. The highest BCUT2D eigenvalue weighted by Crippen LogP contribution is 2.10. The molecular formula is C20H23N6+. The van der Waals surface area contributed by atoms with Gasteiger partial charge < -0.3 is 5.73 Å². The minimum absolute atomic E-state index is 0.316. The highest BCUT2D eigenvalue weighted by Gasteiger charge is 2.10. The molecule has 0 radical (unpaired) electrons. The Morgan fingerprint density at radius 1 is 1.15 bits per heavy atom. The van der Waals surface area contributed by atoms with E-state index in [4.69, 9.17) is 5.73 Å². The monoisotopic (exact) mass is 347 g/mol. The van der Waals surface area contributed by atoms with Gasteiger partial charge in [0, 0.05) is 12.6 Å². The van der Waals surface area contributed by atoms with Crippen molar-refractivity contribution in [2.24, 2.45) is 22.9 Å². The van der Waals surface area contributed by atoms with Crippen LogP contribution in [0.25, 0.3) is 17.8 Å². The molecule has 0 amide bonds. The summed E-state index contributed by atoms with van der Waals surface area (Å²) in [6, 6.07) is 14.3. The summed E-state index contributed by atoms with van der Waals surface area (Å²) in [4.78, 5) is 4.00. The number of aliphatic imine (C=N–C) groups is 1. The molecule has 2 aromatic heterocycles. The number of aromatic nitrogens is 2. The van der Waals surface area contributed by atoms with E-state index in [0.29, 0.717) is 12.5 Å². The molecule has 2 heterocycles. The zero-order valence-electron chi connectivity index (χ0n) is 15.0. The molecule has 0 unspecified atom stereocenters. The first-order valence-electron chi connectivity index (χ1n) is 8.50. The Bertz CT molecular complexity index is 964. The molecule has 132 valence electrons. The molecule has 0 aliphatic rings. The van der Waals surface area contributed by atoms with E-state index in [2.05, 4.69) is 68.1 Å². The van der Waals surface area contributed by atoms with Crippen LogP contribution in [0.1, 0.15) is 23.7 Å². The molecule has 0 saturated carbocycles. The van der Waals surface area contributed by atoms with E-state index < -0.39 is 0 Å². The fourth-order valence-corrected chi connectivity index (χ4v) is 2.61. The van der Waals surface area contributed by atoms with Crippen molar-refractivity contribution < 1.29 is 4.40 Å². The molecule has 0 aliphatic heterocycles. The molecule has 3 rings (SSSR count). The number of hydrogen-bond acceptors (Lipinski definition) is 2. The van der Waals surface area contributed by atoms with Crippen LogP contribution in [0.15, 0.2) is 65.0 Å². The maximum absolute atomic E-state index is 5.62. The number of nitrogens with two attached hydrogens (primary N) is 1. The number of hydrogen-bond donors (Lipinski definition) is 2. The van der Waals surface area contributed by atoms with Gasteiger partial charge in [-0.15, -0.1) is 0 Å². The van der Waals surface area contributed by atoms with Crippen molar-refractivity contribution in [1.82, 2.24) is 9.99 Å². The Labute approximate surface area is 153 Å². The summed E-state index contributed by atoms with van der Waals surface area (Å²) >= 11 is 0. The van der Waals surface area contributed by atoms with Gasteiger partial charge in [-0.25, -0.2) is 14.4 Å². The number of benzene rings is 1. The Morgan fingerprint density at radius 2 is 1.92 bits per heavy atom. The van der Waals surface area contributed by atoms with Crippen molar-refractivity contribution in [3.8, 4) is 0 Å². The van der Waals surface area contributed by atoms with E-state index in [1.165, 1.54) is 0 Å². The predicted octanol–water partition coefficient (Wildman–Crippen LogP) is 2.19. The first-order chi connectivity index (χ1) is 12.7. The van der Waals surface area contributed by atoms with Crippen molar-refractivity contribution in [2.75, 3.05) is 6.54 Å². The van der Waals surface area contributed by atoms with Crippen molar-refractivity contribution in [3.63, 3.8) is 0 Å². The number of aryl methyl sites for hydroxylation is 1. The quantitative estimate of drug-likeness (QED) is 0.321. The van der Waals surface area contributed by atoms with E-state index in [1.807, 2.05) is 37.4 Å². The van der Waals surface area contributed by atoms with Crippen LogP contribution in [0.3, 0.4) is 0 Å². The standard InChI is InChI=1S/C20H23N6/c1-3-22-20(21)24-23-14-17-9-7-16(8-10-17)11-12-18-15-26-13-5-4-6-19(26)25(18)2/h4-15H,3H2,1-2H3,(H3,21,22,24)/q+1/b12-11+,23-14+. The van der Waals surface area contributed by atoms with Crippen LogP contribution in [0.4, 0.5) is 0 Å². The van der Waals surface area contributed by atoms with E-state index in [1.54, 1.807) is 6.21 Å². The summed E-state index contributed by atoms with van der Waals surface area (Å²) < 4.78 is 4.27. The normalized spacial score (nSPS) is 12.5.